The Kier molecular flexibility index (Phi) is 12.8. The van der Waals surface area contributed by atoms with E-state index in [1.54, 1.807) is 42.2 Å². The second-order valence-electron chi connectivity index (χ2n) is 11.9. The van der Waals surface area contributed by atoms with Crippen LogP contribution in [-0.4, -0.2) is 91.1 Å². The predicted octanol–water partition coefficient (Wildman–Crippen LogP) is 5.10. The molecular weight excluding hydrogens is 644 g/mol. The minimum atomic E-state index is -3.85. The molecule has 2 amide bonds. The van der Waals surface area contributed by atoms with Crippen molar-refractivity contribution in [3.05, 3.63) is 83.1 Å². The van der Waals surface area contributed by atoms with E-state index in [9.17, 15) is 23.1 Å². The summed E-state index contributed by atoms with van der Waals surface area (Å²) in [5.41, 5.74) is 1.04. The Morgan fingerprint density at radius 2 is 1.83 bits per heavy atom. The molecule has 47 heavy (non-hydrogen) atoms. The van der Waals surface area contributed by atoms with Crippen LogP contribution in [0.15, 0.2) is 71.9 Å². The topological polar surface area (TPSA) is 138 Å². The van der Waals surface area contributed by atoms with Gasteiger partial charge in [0.05, 0.1) is 35.3 Å². The predicted molar refractivity (Wildman–Crippen MR) is 180 cm³/mol. The normalized spacial score (nSPS) is 20.5. The number of amides is 2. The largest absolute Gasteiger partial charge is 0.490 e. The lowest BCUT2D eigenvalue weighted by atomic mass is 10.0. The molecule has 0 bridgehead atoms. The first-order valence-electron chi connectivity index (χ1n) is 15.7. The molecule has 0 spiro atoms. The fraction of sp³-hybridized carbons (Fsp3) is 0.441. The molecule has 0 saturated heterocycles. The van der Waals surface area contributed by atoms with Crippen LogP contribution in [0.25, 0.3) is 0 Å². The van der Waals surface area contributed by atoms with Gasteiger partial charge in [0.25, 0.3) is 11.8 Å². The standard InChI is InChI=1S/C34H43ClN4O7S/c1-23-20-39(24(2)22-40)34(42)30-19-28(37-33(41)26-14-16-36-17-15-26)10-13-31(30)46-25(3)7-5-6-18-45-32(23)21-38(4)47(43,44)29-11-8-27(35)9-12-29/h8-17,19,23-25,32,40H,5-7,18,20-22H2,1-4H3,(H,37,41)/t23-,24+,25-,32-/m0/s1. The highest BCUT2D eigenvalue weighted by Gasteiger charge is 2.32. The fourth-order valence-electron chi connectivity index (χ4n) is 5.31. The van der Waals surface area contributed by atoms with E-state index in [0.29, 0.717) is 35.1 Å². The summed E-state index contributed by atoms with van der Waals surface area (Å²) in [6.07, 6.45) is 4.47. The number of rotatable bonds is 8. The average Bonchev–Trinajstić information content (AvgIpc) is 3.06. The van der Waals surface area contributed by atoms with Crippen LogP contribution in [0.5, 0.6) is 5.75 Å². The van der Waals surface area contributed by atoms with Crippen LogP contribution >= 0.6 is 11.6 Å². The molecule has 0 fully saturated rings. The Morgan fingerprint density at radius 1 is 1.13 bits per heavy atom. The van der Waals surface area contributed by atoms with E-state index < -0.39 is 28.1 Å². The molecular formula is C34H43ClN4O7S. The van der Waals surface area contributed by atoms with Crippen molar-refractivity contribution in [2.75, 3.05) is 38.7 Å². The van der Waals surface area contributed by atoms with Crippen LogP contribution in [0.2, 0.25) is 5.02 Å². The van der Waals surface area contributed by atoms with Crippen LogP contribution < -0.4 is 10.1 Å². The van der Waals surface area contributed by atoms with Crippen LogP contribution in [0, 0.1) is 5.92 Å². The Balaban J connectivity index is 1.65. The van der Waals surface area contributed by atoms with Gasteiger partial charge in [-0.3, -0.25) is 14.6 Å². The number of sulfonamides is 1. The van der Waals surface area contributed by atoms with Gasteiger partial charge in [-0.05, 0) is 87.7 Å². The number of fused-ring (bicyclic) bond motifs is 1. The van der Waals surface area contributed by atoms with Crippen molar-refractivity contribution in [2.45, 2.75) is 63.2 Å². The van der Waals surface area contributed by atoms with E-state index >= 15 is 0 Å². The molecule has 2 heterocycles. The summed E-state index contributed by atoms with van der Waals surface area (Å²) in [6.45, 7) is 5.85. The van der Waals surface area contributed by atoms with E-state index in [4.69, 9.17) is 21.1 Å². The van der Waals surface area contributed by atoms with Gasteiger partial charge in [0.1, 0.15) is 5.75 Å². The third kappa shape index (κ3) is 9.51. The van der Waals surface area contributed by atoms with Crippen LogP contribution in [0.3, 0.4) is 0 Å². The minimum absolute atomic E-state index is 0.0446. The zero-order valence-corrected chi connectivity index (χ0v) is 28.7. The van der Waals surface area contributed by atoms with Crippen molar-refractivity contribution in [3.63, 3.8) is 0 Å². The van der Waals surface area contributed by atoms with Crippen LogP contribution in [0.4, 0.5) is 5.69 Å². The number of anilines is 1. The number of aromatic nitrogens is 1. The summed E-state index contributed by atoms with van der Waals surface area (Å²) in [4.78, 5) is 32.8. The smallest absolute Gasteiger partial charge is 0.258 e. The highest BCUT2D eigenvalue weighted by Crippen LogP contribution is 2.29. The van der Waals surface area contributed by atoms with Gasteiger partial charge in [0.15, 0.2) is 0 Å². The molecule has 1 aliphatic rings. The van der Waals surface area contributed by atoms with E-state index in [-0.39, 0.29) is 48.1 Å². The van der Waals surface area contributed by atoms with Gasteiger partial charge in [-0.2, -0.15) is 4.31 Å². The number of aliphatic hydroxyl groups is 1. The van der Waals surface area contributed by atoms with E-state index in [0.717, 1.165) is 12.8 Å². The molecule has 4 atom stereocenters. The van der Waals surface area contributed by atoms with E-state index in [1.165, 1.54) is 48.0 Å². The summed E-state index contributed by atoms with van der Waals surface area (Å²) in [7, 11) is -2.35. The fourth-order valence-corrected chi connectivity index (χ4v) is 6.62. The second-order valence-corrected chi connectivity index (χ2v) is 14.4. The van der Waals surface area contributed by atoms with Gasteiger partial charge in [0.2, 0.25) is 10.0 Å². The molecule has 2 aromatic carbocycles. The highest BCUT2D eigenvalue weighted by atomic mass is 35.5. The molecule has 11 nitrogen and oxygen atoms in total. The number of ether oxygens (including phenoxy) is 2. The number of aliphatic hydroxyl groups excluding tert-OH is 1. The van der Waals surface area contributed by atoms with Crippen molar-refractivity contribution >= 4 is 39.1 Å². The third-order valence-corrected chi connectivity index (χ3v) is 10.3. The van der Waals surface area contributed by atoms with Gasteiger partial charge in [-0.1, -0.05) is 18.5 Å². The first-order chi connectivity index (χ1) is 22.4. The quantitative estimate of drug-likeness (QED) is 0.334. The van der Waals surface area contributed by atoms with Crippen molar-refractivity contribution < 1.29 is 32.6 Å². The first-order valence-corrected chi connectivity index (χ1v) is 17.5. The Labute approximate surface area is 281 Å². The molecule has 0 saturated carbocycles. The summed E-state index contributed by atoms with van der Waals surface area (Å²) in [5.74, 6) is -0.733. The maximum absolute atomic E-state index is 14.3. The van der Waals surface area contributed by atoms with Gasteiger partial charge in [-0.25, -0.2) is 8.42 Å². The lowest BCUT2D eigenvalue weighted by Crippen LogP contribution is -2.48. The summed E-state index contributed by atoms with van der Waals surface area (Å²) < 4.78 is 40.6. The van der Waals surface area contributed by atoms with Crippen molar-refractivity contribution in [2.24, 2.45) is 5.92 Å². The molecule has 1 aromatic heterocycles. The number of hydrogen-bond acceptors (Lipinski definition) is 8. The molecule has 3 aromatic rings. The summed E-state index contributed by atoms with van der Waals surface area (Å²) in [6, 6.07) is 13.5. The molecule has 13 heteroatoms. The lowest BCUT2D eigenvalue weighted by molar-refractivity contribution is -0.00834. The van der Waals surface area contributed by atoms with Gasteiger partial charge in [0, 0.05) is 61.3 Å². The van der Waals surface area contributed by atoms with Gasteiger partial charge >= 0.3 is 0 Å². The Morgan fingerprint density at radius 3 is 2.51 bits per heavy atom. The summed E-state index contributed by atoms with van der Waals surface area (Å²) in [5, 5.41) is 13.5. The number of benzene rings is 2. The third-order valence-electron chi connectivity index (χ3n) is 8.21. The highest BCUT2D eigenvalue weighted by molar-refractivity contribution is 7.89. The van der Waals surface area contributed by atoms with E-state index in [1.807, 2.05) is 13.8 Å². The Hall–Kier alpha value is -3.55. The second kappa shape index (κ2) is 16.5. The number of pyridine rings is 1. The number of carbonyl (C=O) groups is 2. The first kappa shape index (κ1) is 36.3. The van der Waals surface area contributed by atoms with Crippen molar-refractivity contribution in [1.29, 1.82) is 0 Å². The molecule has 0 aliphatic carbocycles. The average molecular weight is 687 g/mol. The maximum atomic E-state index is 14.3. The zero-order valence-electron chi connectivity index (χ0n) is 27.1. The number of nitrogens with one attached hydrogen (secondary N) is 1. The molecule has 1 aliphatic heterocycles. The number of hydrogen-bond donors (Lipinski definition) is 2. The van der Waals surface area contributed by atoms with Crippen molar-refractivity contribution in [1.82, 2.24) is 14.2 Å². The molecule has 0 radical (unpaired) electrons. The van der Waals surface area contributed by atoms with Crippen LogP contribution in [0.1, 0.15) is 60.7 Å². The number of halogens is 1. The minimum Gasteiger partial charge on any atom is -0.490 e. The molecule has 4 rings (SSSR count). The summed E-state index contributed by atoms with van der Waals surface area (Å²) >= 11 is 5.98. The van der Waals surface area contributed by atoms with Crippen molar-refractivity contribution in [3.8, 4) is 5.75 Å². The Bertz CT molecular complexity index is 1610. The molecule has 2 N–H and O–H groups in total. The number of nitrogens with zero attached hydrogens (tertiary/aromatic N) is 3. The lowest BCUT2D eigenvalue weighted by Gasteiger charge is -2.35. The molecule has 0 unspecified atom stereocenters. The number of carbonyl (C=O) groups excluding carboxylic acids is 2. The SMILES string of the molecule is C[C@H](CO)N1C[C@H](C)[C@H](CN(C)S(=O)(=O)c2ccc(Cl)cc2)OCCCC[C@H](C)Oc2ccc(NC(=O)c3ccncc3)cc2C1=O. The molecule has 254 valence electrons. The van der Waals surface area contributed by atoms with Gasteiger partial charge in [-0.15, -0.1) is 0 Å². The van der Waals surface area contributed by atoms with Crippen LogP contribution in [-0.2, 0) is 14.8 Å². The van der Waals surface area contributed by atoms with Gasteiger partial charge < -0.3 is 24.8 Å². The maximum Gasteiger partial charge on any atom is 0.258 e. The number of likely N-dealkylation sites (N-methyl/N-ethyl adjacent to an activating group) is 1. The monoisotopic (exact) mass is 686 g/mol. The zero-order chi connectivity index (χ0) is 34.1. The van der Waals surface area contributed by atoms with E-state index in [2.05, 4.69) is 10.3 Å².